The van der Waals surface area contributed by atoms with Gasteiger partial charge < -0.3 is 9.32 Å². The van der Waals surface area contributed by atoms with Crippen LogP contribution in [0.5, 0.6) is 0 Å². The predicted octanol–water partition coefficient (Wildman–Crippen LogP) is 4.65. The molecule has 0 N–H and O–H groups in total. The summed E-state index contributed by atoms with van der Waals surface area (Å²) in [4.78, 5) is 14.4. The van der Waals surface area contributed by atoms with E-state index >= 15 is 0 Å². The van der Waals surface area contributed by atoms with Crippen molar-refractivity contribution in [2.24, 2.45) is 0 Å². The Kier molecular flexibility index (Phi) is 6.52. The minimum atomic E-state index is 0.0406. The first-order valence-electron chi connectivity index (χ1n) is 10.0. The van der Waals surface area contributed by atoms with Crippen molar-refractivity contribution >= 4 is 17.7 Å². The van der Waals surface area contributed by atoms with E-state index in [4.69, 9.17) is 4.42 Å². The highest BCUT2D eigenvalue weighted by atomic mass is 32.2. The minimum absolute atomic E-state index is 0.0406. The lowest BCUT2D eigenvalue weighted by Gasteiger charge is -2.17. The van der Waals surface area contributed by atoms with Crippen molar-refractivity contribution in [1.82, 2.24) is 19.7 Å². The fourth-order valence-corrected chi connectivity index (χ4v) is 4.18. The van der Waals surface area contributed by atoms with Gasteiger partial charge in [-0.1, -0.05) is 66.4 Å². The van der Waals surface area contributed by atoms with Crippen molar-refractivity contribution in [3.05, 3.63) is 89.9 Å². The van der Waals surface area contributed by atoms with Gasteiger partial charge in [0.2, 0.25) is 5.91 Å². The highest BCUT2D eigenvalue weighted by Gasteiger charge is 2.19. The van der Waals surface area contributed by atoms with Crippen LogP contribution in [0.2, 0.25) is 0 Å². The van der Waals surface area contributed by atoms with Crippen LogP contribution < -0.4 is 0 Å². The van der Waals surface area contributed by atoms with Gasteiger partial charge in [-0.3, -0.25) is 9.36 Å². The average molecular weight is 433 g/mol. The molecule has 2 heterocycles. The van der Waals surface area contributed by atoms with E-state index in [9.17, 15) is 4.79 Å². The molecule has 0 bridgehead atoms. The lowest BCUT2D eigenvalue weighted by atomic mass is 10.1. The maximum Gasteiger partial charge on any atom is 0.233 e. The molecule has 1 amide bonds. The molecule has 31 heavy (non-hydrogen) atoms. The van der Waals surface area contributed by atoms with Crippen LogP contribution >= 0.6 is 11.8 Å². The van der Waals surface area contributed by atoms with Gasteiger partial charge >= 0.3 is 0 Å². The number of carbonyl (C=O) groups is 1. The number of nitrogens with zero attached hydrogens (tertiary/aromatic N) is 4. The first kappa shape index (κ1) is 20.9. The van der Waals surface area contributed by atoms with Crippen LogP contribution in [0.15, 0.2) is 82.6 Å². The number of rotatable bonds is 8. The maximum absolute atomic E-state index is 12.7. The molecule has 0 aliphatic carbocycles. The van der Waals surface area contributed by atoms with Gasteiger partial charge in [0.15, 0.2) is 11.0 Å². The molecule has 0 unspecified atom stereocenters. The monoisotopic (exact) mass is 432 g/mol. The van der Waals surface area contributed by atoms with Crippen LogP contribution in [0.3, 0.4) is 0 Å². The van der Waals surface area contributed by atoms with E-state index in [1.165, 1.54) is 11.8 Å². The van der Waals surface area contributed by atoms with E-state index in [1.54, 1.807) is 11.2 Å². The molecule has 0 aliphatic heterocycles. The van der Waals surface area contributed by atoms with E-state index in [1.807, 2.05) is 72.3 Å². The molecule has 158 valence electrons. The summed E-state index contributed by atoms with van der Waals surface area (Å²) in [5.41, 5.74) is 3.23. The van der Waals surface area contributed by atoms with Crippen LogP contribution in [0.1, 0.15) is 16.9 Å². The Morgan fingerprint density at radius 1 is 1.03 bits per heavy atom. The molecule has 0 radical (unpaired) electrons. The van der Waals surface area contributed by atoms with Gasteiger partial charge in [-0.05, 0) is 30.2 Å². The summed E-state index contributed by atoms with van der Waals surface area (Å²) in [7, 11) is 1.82. The molecule has 0 saturated carbocycles. The maximum atomic E-state index is 12.7. The van der Waals surface area contributed by atoms with E-state index in [-0.39, 0.29) is 11.7 Å². The molecular weight excluding hydrogens is 408 g/mol. The number of amides is 1. The van der Waals surface area contributed by atoms with Crippen molar-refractivity contribution in [1.29, 1.82) is 0 Å². The van der Waals surface area contributed by atoms with Crippen molar-refractivity contribution < 1.29 is 9.21 Å². The molecule has 2 aromatic heterocycles. The van der Waals surface area contributed by atoms with E-state index < -0.39 is 0 Å². The molecule has 7 heteroatoms. The van der Waals surface area contributed by atoms with Crippen LogP contribution in [0, 0.1) is 6.92 Å². The zero-order valence-electron chi connectivity index (χ0n) is 17.6. The Balaban J connectivity index is 1.52. The summed E-state index contributed by atoms with van der Waals surface area (Å²) in [6, 6.07) is 21.8. The van der Waals surface area contributed by atoms with Gasteiger partial charge in [0.25, 0.3) is 0 Å². The lowest BCUT2D eigenvalue weighted by molar-refractivity contribution is -0.127. The van der Waals surface area contributed by atoms with Crippen molar-refractivity contribution in [2.45, 2.75) is 25.2 Å². The summed E-state index contributed by atoms with van der Waals surface area (Å²) >= 11 is 1.39. The molecule has 0 atom stereocenters. The van der Waals surface area contributed by atoms with Gasteiger partial charge in [-0.15, -0.1) is 10.2 Å². The fraction of sp³-hybridized carbons (Fsp3) is 0.208. The molecule has 2 aromatic carbocycles. The van der Waals surface area contributed by atoms with Gasteiger partial charge in [0, 0.05) is 19.2 Å². The van der Waals surface area contributed by atoms with Crippen LogP contribution in [0.25, 0.3) is 11.4 Å². The number of hydrogen-bond acceptors (Lipinski definition) is 5. The van der Waals surface area contributed by atoms with Gasteiger partial charge in [-0.2, -0.15) is 0 Å². The number of aryl methyl sites for hydroxylation is 1. The van der Waals surface area contributed by atoms with Crippen LogP contribution in [-0.2, 0) is 17.9 Å². The Morgan fingerprint density at radius 2 is 1.81 bits per heavy atom. The quantitative estimate of drug-likeness (QED) is 0.379. The Bertz CT molecular complexity index is 1140. The second-order valence-corrected chi connectivity index (χ2v) is 8.25. The molecule has 6 nitrogen and oxygen atoms in total. The SMILES string of the molecule is Cc1ccccc1-c1nnc(SCC(=O)N(C)Cc2ccccc2)n1Cc1ccco1. The smallest absolute Gasteiger partial charge is 0.233 e. The fourth-order valence-electron chi connectivity index (χ4n) is 3.30. The van der Waals surface area contributed by atoms with Crippen LogP contribution in [0.4, 0.5) is 0 Å². The summed E-state index contributed by atoms with van der Waals surface area (Å²) < 4.78 is 7.56. The standard InChI is InChI=1S/C24H24N4O2S/c1-18-9-6-7-13-21(18)23-25-26-24(28(23)16-20-12-8-14-30-20)31-17-22(29)27(2)15-19-10-4-3-5-11-19/h3-14H,15-17H2,1-2H3. The lowest BCUT2D eigenvalue weighted by Crippen LogP contribution is -2.27. The van der Waals surface area contributed by atoms with Crippen molar-refractivity contribution in [3.63, 3.8) is 0 Å². The highest BCUT2D eigenvalue weighted by Crippen LogP contribution is 2.27. The third kappa shape index (κ3) is 5.06. The number of benzene rings is 2. The number of carbonyl (C=O) groups excluding carboxylic acids is 1. The van der Waals surface area contributed by atoms with Gasteiger partial charge in [-0.25, -0.2) is 0 Å². The third-order valence-corrected chi connectivity index (χ3v) is 5.96. The zero-order chi connectivity index (χ0) is 21.6. The van der Waals surface area contributed by atoms with Crippen molar-refractivity contribution in [3.8, 4) is 11.4 Å². The zero-order valence-corrected chi connectivity index (χ0v) is 18.4. The summed E-state index contributed by atoms with van der Waals surface area (Å²) in [5, 5.41) is 9.53. The van der Waals surface area contributed by atoms with E-state index in [0.717, 1.165) is 28.3 Å². The second kappa shape index (κ2) is 9.66. The second-order valence-electron chi connectivity index (χ2n) is 7.31. The first-order valence-corrected chi connectivity index (χ1v) is 11.0. The van der Waals surface area contributed by atoms with Crippen LogP contribution in [-0.4, -0.2) is 38.4 Å². The minimum Gasteiger partial charge on any atom is -0.467 e. The number of thioether (sulfide) groups is 1. The molecule has 0 saturated heterocycles. The topological polar surface area (TPSA) is 64.2 Å². The molecule has 0 spiro atoms. The number of hydrogen-bond donors (Lipinski definition) is 0. The molecular formula is C24H24N4O2S. The van der Waals surface area contributed by atoms with E-state index in [0.29, 0.717) is 18.2 Å². The van der Waals surface area contributed by atoms with Crippen molar-refractivity contribution in [2.75, 3.05) is 12.8 Å². The molecule has 4 aromatic rings. The number of furan rings is 1. The Hall–Kier alpha value is -3.32. The summed E-state index contributed by atoms with van der Waals surface area (Å²) in [6.07, 6.45) is 1.65. The normalized spacial score (nSPS) is 10.9. The Labute approximate surface area is 185 Å². The van der Waals surface area contributed by atoms with Gasteiger partial charge in [0.1, 0.15) is 5.76 Å². The molecule has 4 rings (SSSR count). The first-order chi connectivity index (χ1) is 15.1. The predicted molar refractivity (Wildman–Crippen MR) is 122 cm³/mol. The summed E-state index contributed by atoms with van der Waals surface area (Å²) in [6.45, 7) is 3.13. The average Bonchev–Trinajstić information content (AvgIpc) is 3.44. The third-order valence-electron chi connectivity index (χ3n) is 5.01. The summed E-state index contributed by atoms with van der Waals surface area (Å²) in [5.74, 6) is 1.90. The van der Waals surface area contributed by atoms with Gasteiger partial charge in [0.05, 0.1) is 18.6 Å². The highest BCUT2D eigenvalue weighted by molar-refractivity contribution is 7.99. The molecule has 0 fully saturated rings. The Morgan fingerprint density at radius 3 is 2.55 bits per heavy atom. The largest absolute Gasteiger partial charge is 0.467 e. The van der Waals surface area contributed by atoms with E-state index in [2.05, 4.69) is 23.2 Å². The number of aromatic nitrogens is 3. The molecule has 0 aliphatic rings.